The highest BCUT2D eigenvalue weighted by molar-refractivity contribution is 14.1. The van der Waals surface area contributed by atoms with Crippen molar-refractivity contribution in [1.29, 1.82) is 0 Å². The second-order valence-electron chi connectivity index (χ2n) is 9.16. The van der Waals surface area contributed by atoms with E-state index >= 15 is 0 Å². The van der Waals surface area contributed by atoms with Gasteiger partial charge in [0.1, 0.15) is 18.5 Å². The van der Waals surface area contributed by atoms with Gasteiger partial charge in [-0.25, -0.2) is 0 Å². The molecule has 3 atom stereocenters. The van der Waals surface area contributed by atoms with Gasteiger partial charge in [-0.15, -0.1) is 0 Å². The number of ether oxygens (including phenoxy) is 2. The maximum Gasteiger partial charge on any atom is 0.247 e. The van der Waals surface area contributed by atoms with E-state index in [9.17, 15) is 19.5 Å². The maximum absolute atomic E-state index is 13.3. The molecule has 9 nitrogen and oxygen atoms in total. The third-order valence-corrected chi connectivity index (χ3v) is 7.48. The average Bonchev–Trinajstić information content (AvgIpc) is 3.40. The van der Waals surface area contributed by atoms with Gasteiger partial charge in [-0.2, -0.15) is 0 Å². The third-order valence-electron chi connectivity index (χ3n) is 6.68. The van der Waals surface area contributed by atoms with Crippen LogP contribution in [0.2, 0.25) is 0 Å². The fourth-order valence-electron chi connectivity index (χ4n) is 4.99. The minimum atomic E-state index is -1.09. The number of carbonyl (C=O) groups is 3. The van der Waals surface area contributed by atoms with Crippen molar-refractivity contribution < 1.29 is 34.1 Å². The van der Waals surface area contributed by atoms with Crippen molar-refractivity contribution in [2.24, 2.45) is 0 Å². The molecule has 2 aliphatic carbocycles. The van der Waals surface area contributed by atoms with Crippen LogP contribution in [0.5, 0.6) is 11.5 Å². The van der Waals surface area contributed by atoms with Crippen LogP contribution >= 0.6 is 22.6 Å². The normalized spacial score (nSPS) is 22.0. The molecule has 0 aromatic heterocycles. The number of aliphatic hydroxyl groups is 2. The van der Waals surface area contributed by atoms with Gasteiger partial charge < -0.3 is 29.9 Å². The Morgan fingerprint density at radius 1 is 1.28 bits per heavy atom. The molecule has 0 unspecified atom stereocenters. The minimum Gasteiger partial charge on any atom is -0.493 e. The number of hydrogen-bond donors (Lipinski definition) is 3. The van der Waals surface area contributed by atoms with Crippen molar-refractivity contribution in [3.8, 4) is 11.5 Å². The van der Waals surface area contributed by atoms with E-state index in [1.165, 1.54) is 7.11 Å². The van der Waals surface area contributed by atoms with Crippen LogP contribution in [0.15, 0.2) is 23.8 Å². The van der Waals surface area contributed by atoms with E-state index in [-0.39, 0.29) is 37.4 Å². The van der Waals surface area contributed by atoms with E-state index in [0.29, 0.717) is 45.3 Å². The summed E-state index contributed by atoms with van der Waals surface area (Å²) < 4.78 is 12.3. The lowest BCUT2D eigenvalue weighted by molar-refractivity contribution is -0.142. The van der Waals surface area contributed by atoms with Gasteiger partial charge in [-0.05, 0) is 60.1 Å². The molecular formula is C26H35IN2O7. The first-order valence-corrected chi connectivity index (χ1v) is 13.5. The Labute approximate surface area is 225 Å². The Kier molecular flexibility index (Phi) is 10.6. The smallest absolute Gasteiger partial charge is 0.247 e. The number of aldehydes is 1. The molecule has 2 aliphatic rings. The van der Waals surface area contributed by atoms with Crippen LogP contribution in [-0.2, 0) is 9.59 Å². The SMILES string of the molecule is CCCC(=O)N(C1CCCC1)[C@@H]1CC(C(=O)NCCO)=C[C@H](Oc2c(I)cc(C=O)cc2OC)[C@H]1O. The van der Waals surface area contributed by atoms with Crippen molar-refractivity contribution in [2.45, 2.75) is 76.2 Å². The summed E-state index contributed by atoms with van der Waals surface area (Å²) in [5.41, 5.74) is 0.803. The largest absolute Gasteiger partial charge is 0.493 e. The van der Waals surface area contributed by atoms with Gasteiger partial charge in [0, 0.05) is 36.6 Å². The molecule has 1 aromatic rings. The predicted octanol–water partition coefficient (Wildman–Crippen LogP) is 2.60. The lowest BCUT2D eigenvalue weighted by Gasteiger charge is -2.43. The summed E-state index contributed by atoms with van der Waals surface area (Å²) in [6, 6.07) is 2.55. The number of rotatable bonds is 11. The average molecular weight is 614 g/mol. The second kappa shape index (κ2) is 13.4. The Bertz CT molecular complexity index is 977. The van der Waals surface area contributed by atoms with Crippen LogP contribution in [0.4, 0.5) is 0 Å². The van der Waals surface area contributed by atoms with E-state index < -0.39 is 18.2 Å². The van der Waals surface area contributed by atoms with Gasteiger partial charge in [0.25, 0.3) is 0 Å². The summed E-state index contributed by atoms with van der Waals surface area (Å²) in [5.74, 6) is 0.258. The first-order chi connectivity index (χ1) is 17.3. The van der Waals surface area contributed by atoms with Crippen molar-refractivity contribution in [1.82, 2.24) is 10.2 Å². The van der Waals surface area contributed by atoms with Gasteiger partial charge in [0.05, 0.1) is 23.3 Å². The zero-order valence-electron chi connectivity index (χ0n) is 20.7. The quantitative estimate of drug-likeness (QED) is 0.259. The molecule has 0 spiro atoms. The van der Waals surface area contributed by atoms with E-state index in [1.54, 1.807) is 23.1 Å². The Morgan fingerprint density at radius 2 is 2.00 bits per heavy atom. The molecule has 3 rings (SSSR count). The van der Waals surface area contributed by atoms with Gasteiger partial charge in [0.15, 0.2) is 11.5 Å². The summed E-state index contributed by atoms with van der Waals surface area (Å²) >= 11 is 2.03. The molecule has 0 aliphatic heterocycles. The Hall–Kier alpha value is -2.18. The summed E-state index contributed by atoms with van der Waals surface area (Å²) in [6.45, 7) is 1.83. The van der Waals surface area contributed by atoms with Crippen LogP contribution < -0.4 is 14.8 Å². The van der Waals surface area contributed by atoms with Gasteiger partial charge >= 0.3 is 0 Å². The maximum atomic E-state index is 13.3. The number of carbonyl (C=O) groups excluding carboxylic acids is 3. The number of halogens is 1. The molecule has 36 heavy (non-hydrogen) atoms. The summed E-state index contributed by atoms with van der Waals surface area (Å²) in [5, 5.41) is 23.4. The standard InChI is InChI=1S/C26H35IN2O7/c1-3-6-23(32)29(18-7-4-5-8-18)20-13-17(26(34)28-9-10-30)14-21(24(20)33)36-25-19(27)11-16(15-31)12-22(25)35-2/h11-12,14-15,18,20-21,24,30,33H,3-10,13H2,1-2H3,(H,28,34)/t20-,21+,24+/m1/s1. The van der Waals surface area contributed by atoms with Crippen molar-refractivity contribution in [3.63, 3.8) is 0 Å². The van der Waals surface area contributed by atoms with Crippen LogP contribution in [0, 0.1) is 3.57 Å². The van der Waals surface area contributed by atoms with Gasteiger partial charge in [-0.3, -0.25) is 14.4 Å². The highest BCUT2D eigenvalue weighted by atomic mass is 127. The number of methoxy groups -OCH3 is 1. The molecule has 0 bridgehead atoms. The van der Waals surface area contributed by atoms with E-state index in [2.05, 4.69) is 5.32 Å². The number of aliphatic hydroxyl groups excluding tert-OH is 2. The zero-order valence-corrected chi connectivity index (χ0v) is 22.9. The summed E-state index contributed by atoms with van der Waals surface area (Å²) in [4.78, 5) is 39.3. The van der Waals surface area contributed by atoms with Gasteiger partial charge in [-0.1, -0.05) is 19.8 Å². The fraction of sp³-hybridized carbons (Fsp3) is 0.577. The number of amides is 2. The van der Waals surface area contributed by atoms with Crippen molar-refractivity contribution >= 4 is 40.7 Å². The van der Waals surface area contributed by atoms with Crippen molar-refractivity contribution in [3.05, 3.63) is 32.9 Å². The molecule has 10 heteroatoms. The summed E-state index contributed by atoms with van der Waals surface area (Å²) in [7, 11) is 1.46. The van der Waals surface area contributed by atoms with Crippen LogP contribution in [0.1, 0.15) is 62.2 Å². The Morgan fingerprint density at radius 3 is 2.61 bits per heavy atom. The van der Waals surface area contributed by atoms with Crippen LogP contribution in [0.25, 0.3) is 0 Å². The zero-order chi connectivity index (χ0) is 26.2. The lowest BCUT2D eigenvalue weighted by atomic mass is 9.87. The first kappa shape index (κ1) is 28.4. The molecular weight excluding hydrogens is 579 g/mol. The van der Waals surface area contributed by atoms with Crippen LogP contribution in [0.3, 0.4) is 0 Å². The number of nitrogens with one attached hydrogen (secondary N) is 1. The second-order valence-corrected chi connectivity index (χ2v) is 10.3. The minimum absolute atomic E-state index is 0.00532. The highest BCUT2D eigenvalue weighted by Gasteiger charge is 2.43. The molecule has 0 radical (unpaired) electrons. The molecule has 1 aromatic carbocycles. The topological polar surface area (TPSA) is 125 Å². The number of benzene rings is 1. The molecule has 3 N–H and O–H groups in total. The number of hydrogen-bond acceptors (Lipinski definition) is 7. The van der Waals surface area contributed by atoms with E-state index in [1.807, 2.05) is 29.5 Å². The van der Waals surface area contributed by atoms with Crippen molar-refractivity contribution in [2.75, 3.05) is 20.3 Å². The van der Waals surface area contributed by atoms with E-state index in [4.69, 9.17) is 14.6 Å². The lowest BCUT2D eigenvalue weighted by Crippen LogP contribution is -2.57. The monoisotopic (exact) mass is 614 g/mol. The number of nitrogens with zero attached hydrogens (tertiary/aromatic N) is 1. The predicted molar refractivity (Wildman–Crippen MR) is 142 cm³/mol. The van der Waals surface area contributed by atoms with Gasteiger partial charge in [0.2, 0.25) is 11.8 Å². The molecule has 1 fully saturated rings. The first-order valence-electron chi connectivity index (χ1n) is 12.4. The molecule has 1 saturated carbocycles. The molecule has 2 amide bonds. The summed E-state index contributed by atoms with van der Waals surface area (Å²) in [6.07, 6.45) is 5.23. The molecule has 198 valence electrons. The molecule has 0 saturated heterocycles. The molecule has 0 heterocycles. The highest BCUT2D eigenvalue weighted by Crippen LogP contribution is 2.38. The fourth-order valence-corrected chi connectivity index (χ4v) is 5.74. The Balaban J connectivity index is 2.01. The van der Waals surface area contributed by atoms with E-state index in [0.717, 1.165) is 25.7 Å². The third kappa shape index (κ3) is 6.57. The van der Waals surface area contributed by atoms with Crippen LogP contribution in [-0.4, -0.2) is 77.8 Å².